The third-order valence-corrected chi connectivity index (χ3v) is 2.22. The number of aliphatic hydroxyl groups is 1. The lowest BCUT2D eigenvalue weighted by Gasteiger charge is -2.25. The van der Waals surface area contributed by atoms with Gasteiger partial charge in [0.25, 0.3) is 0 Å². The van der Waals surface area contributed by atoms with Crippen molar-refractivity contribution in [3.8, 4) is 0 Å². The first-order valence-corrected chi connectivity index (χ1v) is 3.91. The molecular formula is C7H14N2O2. The molecule has 0 bridgehead atoms. The van der Waals surface area contributed by atoms with Gasteiger partial charge in [-0.1, -0.05) is 18.0 Å². The number of aliphatic hydroxyl groups excluding tert-OH is 1. The number of nitrogens with zero attached hydrogens (tertiary/aromatic N) is 1. The van der Waals surface area contributed by atoms with E-state index in [0.717, 1.165) is 25.7 Å². The normalized spacial score (nSPS) is 33.7. The minimum atomic E-state index is -0.417. The summed E-state index contributed by atoms with van der Waals surface area (Å²) in [6.07, 6.45) is 3.27. The Bertz CT molecular complexity index is 159. The van der Waals surface area contributed by atoms with Crippen molar-refractivity contribution in [3.63, 3.8) is 0 Å². The number of rotatable bonds is 1. The summed E-state index contributed by atoms with van der Waals surface area (Å²) in [4.78, 5) is 0. The second-order valence-corrected chi connectivity index (χ2v) is 2.98. The van der Waals surface area contributed by atoms with E-state index < -0.39 is 6.10 Å². The van der Waals surface area contributed by atoms with E-state index >= 15 is 0 Å². The zero-order valence-electron chi connectivity index (χ0n) is 6.40. The third kappa shape index (κ3) is 1.83. The van der Waals surface area contributed by atoms with Crippen LogP contribution < -0.4 is 5.73 Å². The fourth-order valence-corrected chi connectivity index (χ4v) is 1.53. The van der Waals surface area contributed by atoms with Crippen LogP contribution in [0.3, 0.4) is 0 Å². The van der Waals surface area contributed by atoms with E-state index in [1.165, 1.54) is 0 Å². The van der Waals surface area contributed by atoms with Gasteiger partial charge in [-0.3, -0.25) is 0 Å². The molecule has 4 N–H and O–H groups in total. The Balaban J connectivity index is 2.54. The van der Waals surface area contributed by atoms with Gasteiger partial charge in [0, 0.05) is 5.92 Å². The number of amidine groups is 1. The highest BCUT2D eigenvalue weighted by atomic mass is 16.4. The molecule has 0 amide bonds. The quantitative estimate of drug-likeness (QED) is 0.222. The SMILES string of the molecule is N/C(=N\O)[C@@H]1CCCC[C@H]1O. The monoisotopic (exact) mass is 158 g/mol. The van der Waals surface area contributed by atoms with Crippen molar-refractivity contribution >= 4 is 5.84 Å². The molecule has 0 heterocycles. The molecule has 0 aliphatic heterocycles. The van der Waals surface area contributed by atoms with E-state index in [1.807, 2.05) is 0 Å². The van der Waals surface area contributed by atoms with Gasteiger partial charge in [0.15, 0.2) is 0 Å². The van der Waals surface area contributed by atoms with Crippen molar-refractivity contribution in [1.82, 2.24) is 0 Å². The summed E-state index contributed by atoms with van der Waals surface area (Å²) < 4.78 is 0. The largest absolute Gasteiger partial charge is 0.409 e. The molecule has 4 heteroatoms. The van der Waals surface area contributed by atoms with E-state index in [1.54, 1.807) is 0 Å². The molecule has 0 aromatic heterocycles. The number of oxime groups is 1. The predicted molar refractivity (Wildman–Crippen MR) is 41.4 cm³/mol. The average Bonchev–Trinajstić information content (AvgIpc) is 2.04. The van der Waals surface area contributed by atoms with Crippen LogP contribution in [0.2, 0.25) is 0 Å². The molecule has 64 valence electrons. The highest BCUT2D eigenvalue weighted by Crippen LogP contribution is 2.24. The molecule has 0 aromatic carbocycles. The third-order valence-electron chi connectivity index (χ3n) is 2.22. The Morgan fingerprint density at radius 3 is 2.55 bits per heavy atom. The van der Waals surface area contributed by atoms with E-state index in [9.17, 15) is 5.11 Å². The molecule has 4 nitrogen and oxygen atoms in total. The van der Waals surface area contributed by atoms with Gasteiger partial charge >= 0.3 is 0 Å². The number of nitrogens with two attached hydrogens (primary N) is 1. The highest BCUT2D eigenvalue weighted by molar-refractivity contribution is 5.82. The highest BCUT2D eigenvalue weighted by Gasteiger charge is 2.26. The van der Waals surface area contributed by atoms with Crippen LogP contribution in [0.4, 0.5) is 0 Å². The van der Waals surface area contributed by atoms with Crippen LogP contribution in [0, 0.1) is 5.92 Å². The van der Waals surface area contributed by atoms with E-state index in [4.69, 9.17) is 10.9 Å². The van der Waals surface area contributed by atoms with E-state index in [-0.39, 0.29) is 11.8 Å². The molecule has 2 atom stereocenters. The molecule has 0 radical (unpaired) electrons. The first-order valence-electron chi connectivity index (χ1n) is 3.91. The van der Waals surface area contributed by atoms with Crippen molar-refractivity contribution in [2.75, 3.05) is 0 Å². The van der Waals surface area contributed by atoms with Gasteiger partial charge in [0.05, 0.1) is 6.10 Å². The second-order valence-electron chi connectivity index (χ2n) is 2.98. The first kappa shape index (κ1) is 8.33. The molecular weight excluding hydrogens is 144 g/mol. The van der Waals surface area contributed by atoms with Crippen LogP contribution in [0.25, 0.3) is 0 Å². The van der Waals surface area contributed by atoms with Crippen molar-refractivity contribution in [2.24, 2.45) is 16.8 Å². The maximum Gasteiger partial charge on any atom is 0.144 e. The molecule has 0 saturated heterocycles. The van der Waals surface area contributed by atoms with E-state index in [2.05, 4.69) is 5.16 Å². The Hall–Kier alpha value is -0.770. The van der Waals surface area contributed by atoms with Crippen molar-refractivity contribution in [1.29, 1.82) is 0 Å². The lowest BCUT2D eigenvalue weighted by Crippen LogP contribution is -2.35. The average molecular weight is 158 g/mol. The minimum absolute atomic E-state index is 0.131. The predicted octanol–water partition coefficient (Wildman–Crippen LogP) is 0.284. The molecule has 0 spiro atoms. The molecule has 0 unspecified atom stereocenters. The van der Waals surface area contributed by atoms with Crippen LogP contribution >= 0.6 is 0 Å². The fraction of sp³-hybridized carbons (Fsp3) is 0.857. The molecule has 1 rings (SSSR count). The molecule has 1 aliphatic rings. The molecule has 1 aliphatic carbocycles. The topological polar surface area (TPSA) is 78.8 Å². The summed E-state index contributed by atoms with van der Waals surface area (Å²) in [6.45, 7) is 0. The van der Waals surface area contributed by atoms with Crippen molar-refractivity contribution < 1.29 is 10.3 Å². The van der Waals surface area contributed by atoms with Gasteiger partial charge in [0.2, 0.25) is 0 Å². The van der Waals surface area contributed by atoms with Crippen LogP contribution in [-0.2, 0) is 0 Å². The standard InChI is InChI=1S/C7H14N2O2/c8-7(9-11)5-3-1-2-4-6(5)10/h5-6,10-11H,1-4H2,(H2,8,9)/t5-,6-/m1/s1. The van der Waals surface area contributed by atoms with Gasteiger partial charge in [-0.25, -0.2) is 0 Å². The fourth-order valence-electron chi connectivity index (χ4n) is 1.53. The Morgan fingerprint density at radius 2 is 2.00 bits per heavy atom. The summed E-state index contributed by atoms with van der Waals surface area (Å²) in [7, 11) is 0. The van der Waals surface area contributed by atoms with Crippen LogP contribution in [0.1, 0.15) is 25.7 Å². The molecule has 11 heavy (non-hydrogen) atoms. The summed E-state index contributed by atoms with van der Waals surface area (Å²) in [5, 5.41) is 20.7. The zero-order valence-corrected chi connectivity index (χ0v) is 6.40. The minimum Gasteiger partial charge on any atom is -0.409 e. The molecule has 0 aromatic rings. The maximum absolute atomic E-state index is 9.40. The first-order chi connectivity index (χ1) is 5.25. The van der Waals surface area contributed by atoms with Crippen LogP contribution in [0.15, 0.2) is 5.16 Å². The summed E-state index contributed by atoms with van der Waals surface area (Å²) in [5.74, 6) is 0.0333. The van der Waals surface area contributed by atoms with Gasteiger partial charge in [0.1, 0.15) is 5.84 Å². The Morgan fingerprint density at radius 1 is 1.36 bits per heavy atom. The smallest absolute Gasteiger partial charge is 0.144 e. The lowest BCUT2D eigenvalue weighted by molar-refractivity contribution is 0.0988. The van der Waals surface area contributed by atoms with Gasteiger partial charge in [-0.15, -0.1) is 0 Å². The van der Waals surface area contributed by atoms with Crippen molar-refractivity contribution in [3.05, 3.63) is 0 Å². The van der Waals surface area contributed by atoms with Gasteiger partial charge in [-0.2, -0.15) is 0 Å². The zero-order chi connectivity index (χ0) is 8.27. The molecule has 1 saturated carbocycles. The number of hydrogen-bond acceptors (Lipinski definition) is 3. The van der Waals surface area contributed by atoms with E-state index in [0.29, 0.717) is 0 Å². The number of hydrogen-bond donors (Lipinski definition) is 3. The summed E-state index contributed by atoms with van der Waals surface area (Å²) in [6, 6.07) is 0. The Kier molecular flexibility index (Phi) is 2.70. The summed E-state index contributed by atoms with van der Waals surface area (Å²) in [5.41, 5.74) is 5.38. The van der Waals surface area contributed by atoms with Gasteiger partial charge < -0.3 is 16.0 Å². The van der Waals surface area contributed by atoms with Crippen molar-refractivity contribution in [2.45, 2.75) is 31.8 Å². The summed E-state index contributed by atoms with van der Waals surface area (Å²) >= 11 is 0. The van der Waals surface area contributed by atoms with Crippen LogP contribution in [-0.4, -0.2) is 22.3 Å². The lowest BCUT2D eigenvalue weighted by atomic mass is 9.86. The van der Waals surface area contributed by atoms with Crippen LogP contribution in [0.5, 0.6) is 0 Å². The van der Waals surface area contributed by atoms with Gasteiger partial charge in [-0.05, 0) is 12.8 Å². The maximum atomic E-state index is 9.40. The second kappa shape index (κ2) is 3.57. The Labute approximate surface area is 65.7 Å². The molecule has 1 fully saturated rings.